The molecule has 0 aliphatic carbocycles. The first-order chi connectivity index (χ1) is 8.55. The number of nitrogens with zero attached hydrogens (tertiary/aromatic N) is 1. The van der Waals surface area contributed by atoms with Crippen LogP contribution in [0.25, 0.3) is 0 Å². The highest BCUT2D eigenvalue weighted by atomic mass is 32.1. The number of amides is 1. The highest BCUT2D eigenvalue weighted by molar-refractivity contribution is 7.09. The number of nitrogens with one attached hydrogen (secondary N) is 1. The van der Waals surface area contributed by atoms with Crippen molar-refractivity contribution in [2.24, 2.45) is 5.73 Å². The van der Waals surface area contributed by atoms with E-state index in [1.54, 1.807) is 24.6 Å². The number of ether oxygens (including phenoxy) is 1. The van der Waals surface area contributed by atoms with E-state index >= 15 is 0 Å². The van der Waals surface area contributed by atoms with E-state index in [9.17, 15) is 4.79 Å². The Morgan fingerprint density at radius 3 is 2.89 bits per heavy atom. The summed E-state index contributed by atoms with van der Waals surface area (Å²) in [7, 11) is 1.56. The second kappa shape index (κ2) is 6.82. The molecule has 0 radical (unpaired) electrons. The summed E-state index contributed by atoms with van der Waals surface area (Å²) >= 11 is 1.55. The maximum absolute atomic E-state index is 12.0. The molecule has 3 N–H and O–H groups in total. The minimum absolute atomic E-state index is 0.0631. The summed E-state index contributed by atoms with van der Waals surface area (Å²) in [5, 5.41) is 5.84. The highest BCUT2D eigenvalue weighted by Crippen LogP contribution is 2.26. The van der Waals surface area contributed by atoms with Crippen LogP contribution >= 0.6 is 11.3 Å². The number of aromatic nitrogens is 1. The van der Waals surface area contributed by atoms with E-state index in [1.165, 1.54) is 0 Å². The summed E-state index contributed by atoms with van der Waals surface area (Å²) in [5.41, 5.74) is 5.09. The minimum atomic E-state index is -0.419. The summed E-state index contributed by atoms with van der Waals surface area (Å²) in [6.07, 6.45) is 2.57. The van der Waals surface area contributed by atoms with Gasteiger partial charge in [0.05, 0.1) is 18.1 Å². The van der Waals surface area contributed by atoms with Crippen LogP contribution in [0.1, 0.15) is 31.7 Å². The Bertz CT molecular complexity index is 365. The lowest BCUT2D eigenvalue weighted by Crippen LogP contribution is -2.44. The molecule has 18 heavy (non-hydrogen) atoms. The van der Waals surface area contributed by atoms with Crippen LogP contribution in [0.4, 0.5) is 0 Å². The minimum Gasteiger partial charge on any atom is -0.380 e. The van der Waals surface area contributed by atoms with Gasteiger partial charge in [-0.1, -0.05) is 6.92 Å². The molecule has 1 aromatic rings. The van der Waals surface area contributed by atoms with Crippen LogP contribution in [0.15, 0.2) is 11.6 Å². The van der Waals surface area contributed by atoms with Crippen LogP contribution in [-0.4, -0.2) is 30.6 Å². The second-order valence-corrected chi connectivity index (χ2v) is 5.26. The Morgan fingerprint density at radius 1 is 1.72 bits per heavy atom. The number of carbonyl (C=O) groups excluding carboxylic acids is 1. The van der Waals surface area contributed by atoms with Crippen molar-refractivity contribution in [1.29, 1.82) is 0 Å². The van der Waals surface area contributed by atoms with Crippen LogP contribution in [0.3, 0.4) is 0 Å². The summed E-state index contributed by atoms with van der Waals surface area (Å²) in [4.78, 5) is 16.3. The van der Waals surface area contributed by atoms with Gasteiger partial charge in [0.1, 0.15) is 5.01 Å². The average Bonchev–Trinajstić information content (AvgIpc) is 2.90. The molecule has 0 saturated heterocycles. The fraction of sp³-hybridized carbons (Fsp3) is 0.667. The van der Waals surface area contributed by atoms with E-state index in [4.69, 9.17) is 10.5 Å². The first kappa shape index (κ1) is 15.1. The van der Waals surface area contributed by atoms with Gasteiger partial charge in [-0.2, -0.15) is 0 Å². The van der Waals surface area contributed by atoms with Gasteiger partial charge in [-0.15, -0.1) is 11.3 Å². The number of nitrogens with two attached hydrogens (primary N) is 1. The molecule has 5 nitrogen and oxygen atoms in total. The maximum Gasteiger partial charge on any atom is 0.223 e. The van der Waals surface area contributed by atoms with Gasteiger partial charge in [0.2, 0.25) is 5.91 Å². The summed E-state index contributed by atoms with van der Waals surface area (Å²) < 4.78 is 5.11. The first-order valence-electron chi connectivity index (χ1n) is 5.99. The van der Waals surface area contributed by atoms with E-state index in [2.05, 4.69) is 10.3 Å². The number of hydrogen-bond donors (Lipinski definition) is 2. The van der Waals surface area contributed by atoms with Gasteiger partial charge in [0.15, 0.2) is 0 Å². The van der Waals surface area contributed by atoms with Gasteiger partial charge < -0.3 is 15.8 Å². The lowest BCUT2D eigenvalue weighted by Gasteiger charge is -2.28. The molecule has 0 saturated carbocycles. The van der Waals surface area contributed by atoms with Gasteiger partial charge in [0, 0.05) is 25.2 Å². The molecule has 2 unspecified atom stereocenters. The maximum atomic E-state index is 12.0. The molecular formula is C12H21N3O2S. The molecule has 0 fully saturated rings. The van der Waals surface area contributed by atoms with E-state index in [-0.39, 0.29) is 18.4 Å². The van der Waals surface area contributed by atoms with Crippen molar-refractivity contribution in [3.8, 4) is 0 Å². The number of thiazole rings is 1. The second-order valence-electron chi connectivity index (χ2n) is 4.37. The van der Waals surface area contributed by atoms with Crippen LogP contribution < -0.4 is 11.1 Å². The summed E-state index contributed by atoms with van der Waals surface area (Å²) in [6.45, 7) is 4.34. The fourth-order valence-corrected chi connectivity index (χ4v) is 2.45. The normalized spacial score (nSPS) is 16.0. The zero-order valence-electron chi connectivity index (χ0n) is 11.1. The third-order valence-corrected chi connectivity index (χ3v) is 4.07. The lowest BCUT2D eigenvalue weighted by atomic mass is 9.99. The van der Waals surface area contributed by atoms with E-state index in [0.717, 1.165) is 11.4 Å². The number of carbonyl (C=O) groups is 1. The van der Waals surface area contributed by atoms with Gasteiger partial charge in [0.25, 0.3) is 0 Å². The smallest absolute Gasteiger partial charge is 0.223 e. The first-order valence-corrected chi connectivity index (χ1v) is 6.87. The van der Waals surface area contributed by atoms with Crippen molar-refractivity contribution in [3.05, 3.63) is 16.6 Å². The van der Waals surface area contributed by atoms with Crippen LogP contribution in [0, 0.1) is 0 Å². The van der Waals surface area contributed by atoms with Crippen molar-refractivity contribution in [1.82, 2.24) is 10.3 Å². The Kier molecular flexibility index (Phi) is 5.71. The van der Waals surface area contributed by atoms with Crippen LogP contribution in [0.5, 0.6) is 0 Å². The van der Waals surface area contributed by atoms with Crippen molar-refractivity contribution in [3.63, 3.8) is 0 Å². The third kappa shape index (κ3) is 3.76. The zero-order chi connectivity index (χ0) is 13.6. The van der Waals surface area contributed by atoms with Crippen LogP contribution in [0.2, 0.25) is 0 Å². The molecule has 0 aromatic carbocycles. The topological polar surface area (TPSA) is 77.2 Å². The molecule has 0 spiro atoms. The predicted molar refractivity (Wildman–Crippen MR) is 72.4 cm³/mol. The number of hydrogen-bond acceptors (Lipinski definition) is 5. The van der Waals surface area contributed by atoms with Gasteiger partial charge in [-0.05, 0) is 13.3 Å². The molecule has 2 atom stereocenters. The molecule has 1 rings (SSSR count). The van der Waals surface area contributed by atoms with Crippen molar-refractivity contribution < 1.29 is 9.53 Å². The van der Waals surface area contributed by atoms with E-state index in [0.29, 0.717) is 6.54 Å². The predicted octanol–water partition coefficient (Wildman–Crippen LogP) is 1.25. The number of rotatable bonds is 7. The Labute approximate surface area is 112 Å². The van der Waals surface area contributed by atoms with Crippen molar-refractivity contribution in [2.45, 2.75) is 38.3 Å². The quantitative estimate of drug-likeness (QED) is 0.782. The largest absolute Gasteiger partial charge is 0.380 e. The summed E-state index contributed by atoms with van der Waals surface area (Å²) in [5.74, 6) is -0.0631. The number of methoxy groups -OCH3 is 1. The molecule has 1 aromatic heterocycles. The Hall–Kier alpha value is -0.980. The molecule has 1 heterocycles. The standard InChI is InChI=1S/C12H21N3O2S/c1-4-12(2,11-14-5-6-18-11)15-10(16)7-9(8-13)17-3/h5-6,9H,4,7-8,13H2,1-3H3,(H,15,16). The Morgan fingerprint density at radius 2 is 2.44 bits per heavy atom. The van der Waals surface area contributed by atoms with E-state index < -0.39 is 5.54 Å². The monoisotopic (exact) mass is 271 g/mol. The zero-order valence-corrected chi connectivity index (χ0v) is 11.9. The molecule has 6 heteroatoms. The SMILES string of the molecule is CCC(C)(NC(=O)CC(CN)OC)c1nccs1. The fourth-order valence-electron chi connectivity index (χ4n) is 1.62. The molecular weight excluding hydrogens is 250 g/mol. The molecule has 102 valence electrons. The van der Waals surface area contributed by atoms with Gasteiger partial charge in [-0.25, -0.2) is 4.98 Å². The molecule has 1 amide bonds. The van der Waals surface area contributed by atoms with Crippen molar-refractivity contribution >= 4 is 17.2 Å². The molecule has 0 aliphatic rings. The average molecular weight is 271 g/mol. The Balaban J connectivity index is 2.66. The van der Waals surface area contributed by atoms with Gasteiger partial charge >= 0.3 is 0 Å². The summed E-state index contributed by atoms with van der Waals surface area (Å²) in [6, 6.07) is 0. The highest BCUT2D eigenvalue weighted by Gasteiger charge is 2.29. The van der Waals surface area contributed by atoms with Crippen LogP contribution in [-0.2, 0) is 15.1 Å². The third-order valence-electron chi connectivity index (χ3n) is 3.04. The van der Waals surface area contributed by atoms with E-state index in [1.807, 2.05) is 19.2 Å². The molecule has 0 bridgehead atoms. The van der Waals surface area contributed by atoms with Crippen molar-refractivity contribution in [2.75, 3.05) is 13.7 Å². The van der Waals surface area contributed by atoms with Gasteiger partial charge in [-0.3, -0.25) is 4.79 Å². The lowest BCUT2D eigenvalue weighted by molar-refractivity contribution is -0.125. The molecule has 0 aliphatic heterocycles.